The highest BCUT2D eigenvalue weighted by molar-refractivity contribution is 6.32. The number of benzene rings is 2. The molecule has 1 atom stereocenters. The van der Waals surface area contributed by atoms with Gasteiger partial charge in [0.1, 0.15) is 18.5 Å². The highest BCUT2D eigenvalue weighted by Gasteiger charge is 2.13. The molecule has 126 valence electrons. The summed E-state index contributed by atoms with van der Waals surface area (Å²) < 4.78 is 5.36. The summed E-state index contributed by atoms with van der Waals surface area (Å²) in [7, 11) is 0. The van der Waals surface area contributed by atoms with Crippen molar-refractivity contribution in [3.05, 3.63) is 64.7 Å². The van der Waals surface area contributed by atoms with Gasteiger partial charge in [-0.3, -0.25) is 4.79 Å². The molecule has 2 aromatic rings. The van der Waals surface area contributed by atoms with Crippen LogP contribution in [0.4, 0.5) is 0 Å². The number of amides is 1. The van der Waals surface area contributed by atoms with E-state index in [1.165, 1.54) is 24.3 Å². The van der Waals surface area contributed by atoms with Crippen molar-refractivity contribution in [1.29, 1.82) is 0 Å². The number of carbonyl (C=O) groups excluding carboxylic acids is 2. The second-order valence-electron chi connectivity index (χ2n) is 4.94. The largest absolute Gasteiger partial charge is 0.545 e. The Morgan fingerprint density at radius 1 is 1.12 bits per heavy atom. The Labute approximate surface area is 143 Å². The molecule has 0 spiro atoms. The zero-order valence-corrected chi connectivity index (χ0v) is 13.3. The fourth-order valence-corrected chi connectivity index (χ4v) is 2.16. The first-order valence-electron chi connectivity index (χ1n) is 7.13. The lowest BCUT2D eigenvalue weighted by molar-refractivity contribution is -0.255. The van der Waals surface area contributed by atoms with Gasteiger partial charge in [-0.05, 0) is 18.2 Å². The summed E-state index contributed by atoms with van der Waals surface area (Å²) in [4.78, 5) is 23.0. The molecule has 6 nitrogen and oxygen atoms in total. The van der Waals surface area contributed by atoms with Gasteiger partial charge in [0.05, 0.1) is 11.0 Å². The number of ether oxygens (including phenoxy) is 1. The van der Waals surface area contributed by atoms with E-state index in [-0.39, 0.29) is 24.3 Å². The zero-order valence-electron chi connectivity index (χ0n) is 12.6. The summed E-state index contributed by atoms with van der Waals surface area (Å²) in [6, 6.07) is 12.5. The fourth-order valence-electron chi connectivity index (χ4n) is 1.97. The van der Waals surface area contributed by atoms with Gasteiger partial charge < -0.3 is 25.1 Å². The maximum atomic E-state index is 12.0. The van der Waals surface area contributed by atoms with Gasteiger partial charge in [0.25, 0.3) is 5.91 Å². The van der Waals surface area contributed by atoms with Crippen molar-refractivity contribution < 1.29 is 24.5 Å². The van der Waals surface area contributed by atoms with E-state index >= 15 is 0 Å². The van der Waals surface area contributed by atoms with Crippen LogP contribution in [0.5, 0.6) is 5.75 Å². The topological polar surface area (TPSA) is 98.7 Å². The van der Waals surface area contributed by atoms with Crippen molar-refractivity contribution in [2.75, 3.05) is 13.2 Å². The molecule has 0 aliphatic rings. The quantitative estimate of drug-likeness (QED) is 0.773. The number of halogens is 1. The van der Waals surface area contributed by atoms with Gasteiger partial charge in [0, 0.05) is 17.7 Å². The van der Waals surface area contributed by atoms with Gasteiger partial charge in [0.15, 0.2) is 0 Å². The average Bonchev–Trinajstić information content (AvgIpc) is 2.59. The first kappa shape index (κ1) is 17.8. The Morgan fingerprint density at radius 3 is 2.42 bits per heavy atom. The minimum absolute atomic E-state index is 0.0308. The molecule has 2 aromatic carbocycles. The van der Waals surface area contributed by atoms with E-state index in [1.807, 2.05) is 0 Å². The number of carbonyl (C=O) groups is 2. The summed E-state index contributed by atoms with van der Waals surface area (Å²) in [6.45, 7) is -0.184. The van der Waals surface area contributed by atoms with E-state index in [9.17, 15) is 19.8 Å². The molecule has 0 fully saturated rings. The minimum atomic E-state index is -1.44. The van der Waals surface area contributed by atoms with E-state index in [0.717, 1.165) is 0 Å². The summed E-state index contributed by atoms with van der Waals surface area (Å²) in [5, 5.41) is 23.7. The third kappa shape index (κ3) is 4.71. The number of carboxylic acids is 1. The number of carboxylic acid groups (broad SMARTS) is 1. The number of hydrogen-bond donors (Lipinski definition) is 2. The lowest BCUT2D eigenvalue weighted by Gasteiger charge is -2.15. The third-order valence-corrected chi connectivity index (χ3v) is 3.47. The molecular weight excluding hydrogens is 334 g/mol. The highest BCUT2D eigenvalue weighted by Crippen LogP contribution is 2.23. The molecule has 0 aliphatic carbocycles. The highest BCUT2D eigenvalue weighted by atomic mass is 35.5. The smallest absolute Gasteiger partial charge is 0.252 e. The minimum Gasteiger partial charge on any atom is -0.545 e. The number of aromatic carboxylic acids is 1. The van der Waals surface area contributed by atoms with Gasteiger partial charge in [-0.2, -0.15) is 0 Å². The number of aliphatic hydroxyl groups excluding tert-OH is 1. The van der Waals surface area contributed by atoms with E-state index < -0.39 is 18.0 Å². The molecule has 2 rings (SSSR count). The molecule has 0 aliphatic heterocycles. The van der Waals surface area contributed by atoms with Gasteiger partial charge >= 0.3 is 0 Å². The van der Waals surface area contributed by atoms with Crippen LogP contribution in [0.2, 0.25) is 5.02 Å². The van der Waals surface area contributed by atoms with Crippen LogP contribution >= 0.6 is 11.6 Å². The Bertz CT molecular complexity index is 734. The van der Waals surface area contributed by atoms with Crippen LogP contribution in [0.15, 0.2) is 48.5 Å². The average molecular weight is 349 g/mol. The summed E-state index contributed by atoms with van der Waals surface area (Å²) >= 11 is 5.92. The van der Waals surface area contributed by atoms with Crippen LogP contribution in [0.1, 0.15) is 20.7 Å². The predicted molar refractivity (Wildman–Crippen MR) is 86.1 cm³/mol. The number of para-hydroxylation sites is 1. The maximum absolute atomic E-state index is 12.0. The Morgan fingerprint density at radius 2 is 1.75 bits per heavy atom. The molecule has 0 saturated heterocycles. The van der Waals surface area contributed by atoms with Crippen molar-refractivity contribution in [2.24, 2.45) is 0 Å². The van der Waals surface area contributed by atoms with Gasteiger partial charge in [-0.1, -0.05) is 41.9 Å². The van der Waals surface area contributed by atoms with E-state index in [2.05, 4.69) is 5.32 Å². The fraction of sp³-hybridized carbons (Fsp3) is 0.176. The first-order chi connectivity index (χ1) is 11.5. The number of rotatable bonds is 7. The molecule has 0 bridgehead atoms. The maximum Gasteiger partial charge on any atom is 0.252 e. The van der Waals surface area contributed by atoms with E-state index in [1.54, 1.807) is 24.3 Å². The molecule has 24 heavy (non-hydrogen) atoms. The predicted octanol–water partition coefficient (Wildman–Crippen LogP) is 0.873. The zero-order chi connectivity index (χ0) is 17.5. The van der Waals surface area contributed by atoms with Crippen LogP contribution < -0.4 is 15.2 Å². The lowest BCUT2D eigenvalue weighted by Crippen LogP contribution is -2.36. The second-order valence-corrected chi connectivity index (χ2v) is 5.35. The first-order valence-corrected chi connectivity index (χ1v) is 7.51. The van der Waals surface area contributed by atoms with Gasteiger partial charge in [-0.25, -0.2) is 0 Å². The number of nitrogens with one attached hydrogen (secondary N) is 1. The summed E-state index contributed by atoms with van der Waals surface area (Å²) in [5.74, 6) is -1.64. The van der Waals surface area contributed by atoms with Crippen LogP contribution in [-0.4, -0.2) is 36.2 Å². The van der Waals surface area contributed by atoms with Crippen LogP contribution in [0.25, 0.3) is 0 Å². The molecule has 7 heteroatoms. The normalized spacial score (nSPS) is 11.6. The lowest BCUT2D eigenvalue weighted by atomic mass is 10.1. The molecule has 2 N–H and O–H groups in total. The van der Waals surface area contributed by atoms with Crippen LogP contribution in [-0.2, 0) is 0 Å². The van der Waals surface area contributed by atoms with Gasteiger partial charge in [-0.15, -0.1) is 0 Å². The van der Waals surface area contributed by atoms with E-state index in [4.69, 9.17) is 16.3 Å². The molecule has 0 saturated carbocycles. The monoisotopic (exact) mass is 348 g/mol. The molecule has 1 amide bonds. The Hall–Kier alpha value is -2.57. The van der Waals surface area contributed by atoms with Crippen molar-refractivity contribution in [3.63, 3.8) is 0 Å². The van der Waals surface area contributed by atoms with Crippen LogP contribution in [0.3, 0.4) is 0 Å². The third-order valence-electron chi connectivity index (χ3n) is 3.16. The SMILES string of the molecule is O=C([O-])c1ccccc1C(=O)NC[C@H](O)COc1ccccc1Cl. The molecule has 0 radical (unpaired) electrons. The number of aliphatic hydroxyl groups is 1. The van der Waals surface area contributed by atoms with E-state index in [0.29, 0.717) is 10.8 Å². The molecule has 0 heterocycles. The summed E-state index contributed by atoms with van der Waals surface area (Å²) in [6.07, 6.45) is -0.986. The summed E-state index contributed by atoms with van der Waals surface area (Å²) in [5.41, 5.74) is -0.242. The standard InChI is InChI=1S/C17H16ClNO5/c18-14-7-3-4-8-15(14)24-10-11(20)9-19-16(21)12-5-1-2-6-13(12)17(22)23/h1-8,11,20H,9-10H2,(H,19,21)(H,22,23)/p-1/t11-/m0/s1. The van der Waals surface area contributed by atoms with Crippen molar-refractivity contribution in [1.82, 2.24) is 5.32 Å². The molecule has 0 unspecified atom stereocenters. The Kier molecular flexibility index (Phi) is 6.17. The van der Waals surface area contributed by atoms with Crippen molar-refractivity contribution >= 4 is 23.5 Å². The van der Waals surface area contributed by atoms with Crippen LogP contribution in [0, 0.1) is 0 Å². The second kappa shape index (κ2) is 8.33. The molecule has 0 aromatic heterocycles. The van der Waals surface area contributed by atoms with Gasteiger partial charge in [0.2, 0.25) is 0 Å². The Balaban J connectivity index is 1.88. The number of hydrogen-bond acceptors (Lipinski definition) is 5. The molecular formula is C17H15ClNO5-. The van der Waals surface area contributed by atoms with Crippen molar-refractivity contribution in [2.45, 2.75) is 6.10 Å². The van der Waals surface area contributed by atoms with Crippen molar-refractivity contribution in [3.8, 4) is 5.75 Å².